The van der Waals surface area contributed by atoms with Gasteiger partial charge < -0.3 is 10.6 Å². The summed E-state index contributed by atoms with van der Waals surface area (Å²) in [5.74, 6) is -0.276. The standard InChI is InChI=1S/C11H18N4O3S/c1-12-9-4-5-10(14-8-9)11(16)13-6-3-7-15-19(2,17)18/h4-5,8,12,15H,3,6-7H2,1-2H3,(H,13,16). The van der Waals surface area contributed by atoms with Crippen LogP contribution in [0.25, 0.3) is 0 Å². The number of anilines is 1. The SMILES string of the molecule is CNc1ccc(C(=O)NCCCNS(C)(=O)=O)nc1. The van der Waals surface area contributed by atoms with E-state index in [0.29, 0.717) is 25.2 Å². The zero-order chi connectivity index (χ0) is 14.3. The lowest BCUT2D eigenvalue weighted by atomic mass is 10.3. The monoisotopic (exact) mass is 286 g/mol. The van der Waals surface area contributed by atoms with E-state index in [2.05, 4.69) is 20.3 Å². The van der Waals surface area contributed by atoms with Gasteiger partial charge in [0.05, 0.1) is 18.1 Å². The molecule has 0 aliphatic carbocycles. The molecule has 0 aromatic carbocycles. The van der Waals surface area contributed by atoms with Crippen LogP contribution in [-0.2, 0) is 10.0 Å². The Labute approximate surface area is 112 Å². The lowest BCUT2D eigenvalue weighted by molar-refractivity contribution is 0.0948. The summed E-state index contributed by atoms with van der Waals surface area (Å²) in [7, 11) is -1.40. The Bertz CT molecular complexity index is 513. The van der Waals surface area contributed by atoms with Crippen LogP contribution in [0.2, 0.25) is 0 Å². The molecule has 1 aromatic rings. The number of hydrogen-bond acceptors (Lipinski definition) is 5. The lowest BCUT2D eigenvalue weighted by Gasteiger charge is -2.06. The van der Waals surface area contributed by atoms with Gasteiger partial charge in [-0.15, -0.1) is 0 Å². The van der Waals surface area contributed by atoms with Crippen LogP contribution in [0.15, 0.2) is 18.3 Å². The van der Waals surface area contributed by atoms with Crippen molar-refractivity contribution in [3.05, 3.63) is 24.0 Å². The van der Waals surface area contributed by atoms with Gasteiger partial charge in [0.15, 0.2) is 0 Å². The normalized spacial score (nSPS) is 11.1. The third-order valence-electron chi connectivity index (χ3n) is 2.29. The van der Waals surface area contributed by atoms with E-state index in [4.69, 9.17) is 0 Å². The Morgan fingerprint density at radius 1 is 1.32 bits per heavy atom. The highest BCUT2D eigenvalue weighted by Gasteiger charge is 2.06. The van der Waals surface area contributed by atoms with Gasteiger partial charge in [0.25, 0.3) is 5.91 Å². The summed E-state index contributed by atoms with van der Waals surface area (Å²) in [6.07, 6.45) is 3.19. The van der Waals surface area contributed by atoms with E-state index >= 15 is 0 Å². The highest BCUT2D eigenvalue weighted by molar-refractivity contribution is 7.88. The zero-order valence-electron chi connectivity index (χ0n) is 10.9. The summed E-state index contributed by atoms with van der Waals surface area (Å²) < 4.78 is 23.9. The highest BCUT2D eigenvalue weighted by atomic mass is 32.2. The molecule has 8 heteroatoms. The van der Waals surface area contributed by atoms with Crippen LogP contribution >= 0.6 is 0 Å². The van der Waals surface area contributed by atoms with E-state index in [0.717, 1.165) is 11.9 Å². The predicted octanol–water partition coefficient (Wildman–Crippen LogP) is -0.208. The van der Waals surface area contributed by atoms with E-state index in [1.54, 1.807) is 25.4 Å². The van der Waals surface area contributed by atoms with Crippen molar-refractivity contribution in [3.63, 3.8) is 0 Å². The van der Waals surface area contributed by atoms with Crippen LogP contribution in [0, 0.1) is 0 Å². The fraction of sp³-hybridized carbons (Fsp3) is 0.455. The van der Waals surface area contributed by atoms with Crippen LogP contribution < -0.4 is 15.4 Å². The number of carbonyl (C=O) groups excluding carboxylic acids is 1. The number of hydrogen-bond donors (Lipinski definition) is 3. The van der Waals surface area contributed by atoms with Crippen molar-refractivity contribution in [1.82, 2.24) is 15.0 Å². The molecule has 0 unspecified atom stereocenters. The van der Waals surface area contributed by atoms with E-state index in [1.807, 2.05) is 0 Å². The number of pyridine rings is 1. The minimum absolute atomic E-state index is 0.276. The number of nitrogens with zero attached hydrogens (tertiary/aromatic N) is 1. The summed E-state index contributed by atoms with van der Waals surface area (Å²) in [6, 6.07) is 3.38. The Hall–Kier alpha value is -1.67. The van der Waals surface area contributed by atoms with Crippen molar-refractivity contribution >= 4 is 21.6 Å². The number of nitrogens with one attached hydrogen (secondary N) is 3. The van der Waals surface area contributed by atoms with Gasteiger partial charge in [-0.25, -0.2) is 18.1 Å². The van der Waals surface area contributed by atoms with Gasteiger partial charge >= 0.3 is 0 Å². The molecule has 1 rings (SSSR count). The second kappa shape index (κ2) is 7.05. The number of amides is 1. The van der Waals surface area contributed by atoms with Gasteiger partial charge in [-0.2, -0.15) is 0 Å². The highest BCUT2D eigenvalue weighted by Crippen LogP contribution is 2.04. The van der Waals surface area contributed by atoms with Crippen molar-refractivity contribution < 1.29 is 13.2 Å². The molecule has 7 nitrogen and oxygen atoms in total. The largest absolute Gasteiger partial charge is 0.387 e. The lowest BCUT2D eigenvalue weighted by Crippen LogP contribution is -2.29. The summed E-state index contributed by atoms with van der Waals surface area (Å²) >= 11 is 0. The molecule has 0 atom stereocenters. The minimum atomic E-state index is -3.17. The third kappa shape index (κ3) is 6.16. The number of sulfonamides is 1. The molecule has 1 heterocycles. The summed E-state index contributed by atoms with van der Waals surface area (Å²) in [5.41, 5.74) is 1.16. The molecule has 0 saturated heterocycles. The van der Waals surface area contributed by atoms with Crippen LogP contribution in [0.5, 0.6) is 0 Å². The third-order valence-corrected chi connectivity index (χ3v) is 3.02. The number of rotatable bonds is 7. The maximum absolute atomic E-state index is 11.7. The number of carbonyl (C=O) groups is 1. The second-order valence-corrected chi connectivity index (χ2v) is 5.79. The quantitative estimate of drug-likeness (QED) is 0.602. The Morgan fingerprint density at radius 3 is 2.58 bits per heavy atom. The Balaban J connectivity index is 2.31. The second-order valence-electron chi connectivity index (χ2n) is 3.96. The molecule has 1 aromatic heterocycles. The van der Waals surface area contributed by atoms with Crippen LogP contribution in [0.3, 0.4) is 0 Å². The van der Waals surface area contributed by atoms with Gasteiger partial charge in [-0.05, 0) is 18.6 Å². The van der Waals surface area contributed by atoms with Crippen molar-refractivity contribution in [2.45, 2.75) is 6.42 Å². The Morgan fingerprint density at radius 2 is 2.05 bits per heavy atom. The molecule has 1 amide bonds. The molecule has 0 fully saturated rings. The van der Waals surface area contributed by atoms with Gasteiger partial charge in [-0.1, -0.05) is 0 Å². The molecule has 0 radical (unpaired) electrons. The van der Waals surface area contributed by atoms with Gasteiger partial charge in [0, 0.05) is 20.1 Å². The first-order chi connectivity index (χ1) is 8.92. The Kier molecular flexibility index (Phi) is 5.71. The fourth-order valence-electron chi connectivity index (χ4n) is 1.31. The maximum atomic E-state index is 11.7. The molecule has 19 heavy (non-hydrogen) atoms. The van der Waals surface area contributed by atoms with Crippen LogP contribution in [-0.4, -0.2) is 45.7 Å². The molecule has 0 bridgehead atoms. The van der Waals surface area contributed by atoms with Crippen molar-refractivity contribution in [2.24, 2.45) is 0 Å². The average molecular weight is 286 g/mol. The van der Waals surface area contributed by atoms with Crippen LogP contribution in [0.1, 0.15) is 16.9 Å². The minimum Gasteiger partial charge on any atom is -0.387 e. The smallest absolute Gasteiger partial charge is 0.269 e. The zero-order valence-corrected chi connectivity index (χ0v) is 11.8. The molecular formula is C11H18N4O3S. The molecule has 0 aliphatic heterocycles. The van der Waals surface area contributed by atoms with Crippen molar-refractivity contribution in [3.8, 4) is 0 Å². The van der Waals surface area contributed by atoms with E-state index in [-0.39, 0.29) is 5.91 Å². The number of aromatic nitrogens is 1. The first kappa shape index (κ1) is 15.4. The topological polar surface area (TPSA) is 100 Å². The molecule has 0 saturated carbocycles. The summed E-state index contributed by atoms with van der Waals surface area (Å²) in [6.45, 7) is 0.683. The van der Waals surface area contributed by atoms with Crippen molar-refractivity contribution in [2.75, 3.05) is 31.7 Å². The molecule has 0 aliphatic rings. The molecular weight excluding hydrogens is 268 g/mol. The van der Waals surface area contributed by atoms with Crippen molar-refractivity contribution in [1.29, 1.82) is 0 Å². The van der Waals surface area contributed by atoms with E-state index in [9.17, 15) is 13.2 Å². The van der Waals surface area contributed by atoms with E-state index in [1.165, 1.54) is 0 Å². The van der Waals surface area contributed by atoms with Gasteiger partial charge in [0.1, 0.15) is 5.69 Å². The predicted molar refractivity (Wildman–Crippen MR) is 73.6 cm³/mol. The molecule has 106 valence electrons. The average Bonchev–Trinajstić information content (AvgIpc) is 2.37. The van der Waals surface area contributed by atoms with Crippen LogP contribution in [0.4, 0.5) is 5.69 Å². The molecule has 3 N–H and O–H groups in total. The summed E-state index contributed by atoms with van der Waals surface area (Å²) in [5, 5.41) is 5.57. The summed E-state index contributed by atoms with van der Waals surface area (Å²) in [4.78, 5) is 15.7. The first-order valence-electron chi connectivity index (χ1n) is 5.79. The first-order valence-corrected chi connectivity index (χ1v) is 7.68. The van der Waals surface area contributed by atoms with Gasteiger partial charge in [-0.3, -0.25) is 4.79 Å². The van der Waals surface area contributed by atoms with E-state index < -0.39 is 10.0 Å². The fourth-order valence-corrected chi connectivity index (χ4v) is 1.83. The maximum Gasteiger partial charge on any atom is 0.269 e. The molecule has 0 spiro atoms. The van der Waals surface area contributed by atoms with Gasteiger partial charge in [0.2, 0.25) is 10.0 Å².